The van der Waals surface area contributed by atoms with Gasteiger partial charge < -0.3 is 41.6 Å². The zero-order valence-corrected chi connectivity index (χ0v) is 74.9. The van der Waals surface area contributed by atoms with E-state index >= 15 is 0 Å². The maximum atomic E-state index is 6.24. The lowest BCUT2D eigenvalue weighted by Crippen LogP contribution is -2.41. The molecule has 15 rings (SSSR count). The van der Waals surface area contributed by atoms with Gasteiger partial charge in [0.05, 0.1) is 36.9 Å². The molecule has 3 aliphatic rings. The van der Waals surface area contributed by atoms with Crippen molar-refractivity contribution in [2.45, 2.75) is 205 Å². The van der Waals surface area contributed by atoms with Crippen LogP contribution in [0.5, 0.6) is 0 Å². The standard InChI is InChI=1S/C25H26BNO2.C20H16BrN.C19H14BrN.C12H24B2O4.6C2H6.CH2BrI/c1-24(2)25(3,4)29-26(28-24)19-10-8-9-17(15-19)18-13-14-21-20-11-6-7-12-22(20)27(5)23(21)16-18;1-22-19-8-3-2-7-17(19)18-10-9-16(12-20(18)22)15-6-4-5-14(11-15)13-21;1-21-18-8-3-2-7-16(18)17-10-9-14(12-19(17)21)13-5-4-6-15(20)11-13;1-9(2)10(3,4)16-13(15-9)14-17-11(5,6)12(7,8)18-14;6*1-2;2-1-3/h6-16H,1-5H3;2-12H,13H2,1H3;2-12H,1H3;1-8H3;6*1-2H3;1H2. The van der Waals surface area contributed by atoms with E-state index in [4.69, 9.17) is 27.9 Å². The first-order valence-corrected chi connectivity index (χ1v) is 42.3. The molecule has 0 unspecified atom stereocenters. The summed E-state index contributed by atoms with van der Waals surface area (Å²) in [6.07, 6.45) is 0. The van der Waals surface area contributed by atoms with E-state index in [-0.39, 0.29) is 40.7 Å². The number of rotatable bonds is 6. The Labute approximate surface area is 671 Å². The highest BCUT2D eigenvalue weighted by Gasteiger charge is 2.64. The van der Waals surface area contributed by atoms with Crippen molar-refractivity contribution in [3.05, 3.63) is 210 Å². The Morgan fingerprint density at radius 3 is 0.895 bits per heavy atom. The Bertz CT molecular complexity index is 4630. The topological polar surface area (TPSA) is 70.2 Å². The molecular formula is C89H118B3Br3IN3O6. The van der Waals surface area contributed by atoms with Crippen molar-refractivity contribution in [2.75, 3.05) is 3.34 Å². The Balaban J connectivity index is 0.000000239. The Kier molecular flexibility index (Phi) is 34.6. The second-order valence-electron chi connectivity index (χ2n) is 27.3. The fraction of sp³-hybridized carbons (Fsp3) is 0.393. The summed E-state index contributed by atoms with van der Waals surface area (Å²) >= 11 is 12.4. The van der Waals surface area contributed by atoms with Crippen LogP contribution in [0, 0.1) is 0 Å². The predicted octanol–water partition coefficient (Wildman–Crippen LogP) is 27.1. The van der Waals surface area contributed by atoms with Crippen molar-refractivity contribution in [1.29, 1.82) is 0 Å². The molecule has 0 aliphatic carbocycles. The summed E-state index contributed by atoms with van der Waals surface area (Å²) in [4.78, 5) is 0. The highest BCUT2D eigenvalue weighted by atomic mass is 127. The molecule has 0 amide bonds. The van der Waals surface area contributed by atoms with Gasteiger partial charge in [0.15, 0.2) is 0 Å². The molecule has 3 aliphatic heterocycles. The fourth-order valence-corrected chi connectivity index (χ4v) is 13.1. The van der Waals surface area contributed by atoms with E-state index in [0.29, 0.717) is 0 Å². The highest BCUT2D eigenvalue weighted by Crippen LogP contribution is 2.44. The molecule has 6 heterocycles. The van der Waals surface area contributed by atoms with Gasteiger partial charge in [0.25, 0.3) is 0 Å². The molecule has 0 radical (unpaired) electrons. The lowest BCUT2D eigenvalue weighted by molar-refractivity contribution is 0.00578. The maximum absolute atomic E-state index is 6.24. The van der Waals surface area contributed by atoms with E-state index in [1.165, 1.54) is 104 Å². The normalized spacial score (nSPS) is 15.6. The van der Waals surface area contributed by atoms with Gasteiger partial charge in [-0.15, -0.1) is 0 Å². The minimum atomic E-state index is -0.476. The van der Waals surface area contributed by atoms with Gasteiger partial charge in [-0.3, -0.25) is 0 Å². The minimum absolute atomic E-state index is 0.338. The molecule has 3 fully saturated rings. The fourth-order valence-electron chi connectivity index (χ4n) is 12.4. The van der Waals surface area contributed by atoms with Gasteiger partial charge in [0, 0.05) is 96.4 Å². The zero-order chi connectivity index (χ0) is 78.6. The first-order valence-electron chi connectivity index (χ1n) is 37.7. The number of halogens is 4. The maximum Gasteiger partial charge on any atom is 0.494 e. The van der Waals surface area contributed by atoms with Crippen LogP contribution in [-0.4, -0.2) is 71.8 Å². The third-order valence-electron chi connectivity index (χ3n) is 19.8. The average Bonchev–Trinajstić information content (AvgIpc) is 1.64. The monoisotopic (exact) mass is 1720 g/mol. The molecule has 9 nitrogen and oxygen atoms in total. The van der Waals surface area contributed by atoms with Gasteiger partial charge in [0.2, 0.25) is 0 Å². The summed E-state index contributed by atoms with van der Waals surface area (Å²) in [5, 5.41) is 8.73. The van der Waals surface area contributed by atoms with Gasteiger partial charge in [-0.1, -0.05) is 305 Å². The van der Waals surface area contributed by atoms with Crippen LogP contribution in [0.4, 0.5) is 0 Å². The van der Waals surface area contributed by atoms with Crippen LogP contribution in [0.1, 0.15) is 172 Å². The van der Waals surface area contributed by atoms with E-state index in [1.807, 2.05) is 138 Å². The molecular weight excluding hydrogens is 1610 g/mol. The Morgan fingerprint density at radius 2 is 0.571 bits per heavy atom. The summed E-state index contributed by atoms with van der Waals surface area (Å²) in [5.74, 6) is 0. The molecule has 9 aromatic carbocycles. The Morgan fingerprint density at radius 1 is 0.305 bits per heavy atom. The SMILES string of the molecule is BrCI.CC.CC.CC.CC.CC.CC.CC1(C)OB(B2OC(C)(C)C(C)(C)O2)OC1(C)C.Cn1c2ccccc2c2ccc(-c3cccc(B4OC(C)(C)C(C)(C)O4)c3)cc21.Cn1c2ccccc2c2ccc(-c3cccc(Br)c3)cc21.Cn1c2ccccc2c2ccc(-c3cccc(CBr)c3)cc21. The first kappa shape index (κ1) is 90.1. The molecule has 3 saturated heterocycles. The molecule has 12 aromatic rings. The van der Waals surface area contributed by atoms with Crippen molar-refractivity contribution in [2.24, 2.45) is 21.1 Å². The van der Waals surface area contributed by atoms with Crippen molar-refractivity contribution in [1.82, 2.24) is 13.7 Å². The van der Waals surface area contributed by atoms with Crippen molar-refractivity contribution in [3.8, 4) is 33.4 Å². The molecule has 0 atom stereocenters. The lowest BCUT2D eigenvalue weighted by atomic mass is 9.49. The molecule has 0 N–H and O–H groups in total. The number of nitrogens with zero attached hydrogens (tertiary/aromatic N) is 3. The number of hydrogen-bond acceptors (Lipinski definition) is 6. The van der Waals surface area contributed by atoms with E-state index < -0.39 is 14.0 Å². The molecule has 16 heteroatoms. The van der Waals surface area contributed by atoms with E-state index in [1.54, 1.807) is 0 Å². The quantitative estimate of drug-likeness (QED) is 0.0939. The smallest absolute Gasteiger partial charge is 0.405 e. The van der Waals surface area contributed by atoms with Crippen molar-refractivity contribution in [3.63, 3.8) is 0 Å². The number of benzene rings is 9. The van der Waals surface area contributed by atoms with Crippen LogP contribution in [0.2, 0.25) is 0 Å². The van der Waals surface area contributed by atoms with Crippen LogP contribution in [0.25, 0.3) is 98.8 Å². The van der Waals surface area contributed by atoms with E-state index in [0.717, 1.165) is 18.6 Å². The molecule has 0 bridgehead atoms. The van der Waals surface area contributed by atoms with Crippen molar-refractivity contribution < 1.29 is 27.9 Å². The molecule has 562 valence electrons. The zero-order valence-electron chi connectivity index (χ0n) is 68.0. The van der Waals surface area contributed by atoms with Crippen LogP contribution in [0.3, 0.4) is 0 Å². The van der Waals surface area contributed by atoms with Gasteiger partial charge in [-0.05, 0) is 176 Å². The molecule has 0 saturated carbocycles. The number of para-hydroxylation sites is 3. The summed E-state index contributed by atoms with van der Waals surface area (Å²) in [6, 6.07) is 71.5. The van der Waals surface area contributed by atoms with Crippen LogP contribution < -0.4 is 5.46 Å². The number of fused-ring (bicyclic) bond motifs is 9. The summed E-state index contributed by atoms with van der Waals surface area (Å²) < 4.78 is 45.3. The van der Waals surface area contributed by atoms with Gasteiger partial charge >= 0.3 is 21.1 Å². The number of alkyl halides is 3. The number of aryl methyl sites for hydroxylation is 3. The van der Waals surface area contributed by atoms with E-state index in [2.05, 4.69) is 333 Å². The second-order valence-corrected chi connectivity index (χ2v) is 32.2. The van der Waals surface area contributed by atoms with Crippen LogP contribution in [-0.2, 0) is 54.4 Å². The average molecular weight is 1720 g/mol. The summed E-state index contributed by atoms with van der Waals surface area (Å²) in [7, 11) is 5.11. The van der Waals surface area contributed by atoms with Gasteiger partial charge in [0.1, 0.15) is 0 Å². The highest BCUT2D eigenvalue weighted by molar-refractivity contribution is 14.1. The Hall–Kier alpha value is -5.50. The molecule has 105 heavy (non-hydrogen) atoms. The van der Waals surface area contributed by atoms with Crippen LogP contribution in [0.15, 0.2) is 205 Å². The minimum Gasteiger partial charge on any atom is -0.405 e. The summed E-state index contributed by atoms with van der Waals surface area (Å²) in [5.41, 5.74) is 15.2. The van der Waals surface area contributed by atoms with Crippen molar-refractivity contribution >= 4 is 162 Å². The van der Waals surface area contributed by atoms with E-state index in [9.17, 15) is 0 Å². The van der Waals surface area contributed by atoms with Gasteiger partial charge in [-0.2, -0.15) is 0 Å². The largest absolute Gasteiger partial charge is 0.494 e. The molecule has 0 spiro atoms. The third-order valence-corrected chi connectivity index (χ3v) is 21.0. The predicted molar refractivity (Wildman–Crippen MR) is 482 cm³/mol. The number of hydrogen-bond donors (Lipinski definition) is 0. The number of aromatic nitrogens is 3. The summed E-state index contributed by atoms with van der Waals surface area (Å²) in [6.45, 7) is 48.6. The second kappa shape index (κ2) is 40.3. The van der Waals surface area contributed by atoms with Gasteiger partial charge in [-0.25, -0.2) is 0 Å². The first-order chi connectivity index (χ1) is 50.1. The van der Waals surface area contributed by atoms with Crippen LogP contribution >= 0.6 is 70.4 Å². The molecule has 3 aromatic heterocycles. The third kappa shape index (κ3) is 20.5. The lowest BCUT2D eigenvalue weighted by Gasteiger charge is -2.32.